The van der Waals surface area contributed by atoms with Crippen LogP contribution in [-0.2, 0) is 0 Å². The van der Waals surface area contributed by atoms with Crippen LogP contribution in [0.1, 0.15) is 26.7 Å². The molecule has 1 atom stereocenters. The predicted molar refractivity (Wildman–Crippen MR) is 46.6 cm³/mol. The van der Waals surface area contributed by atoms with Crippen LogP contribution in [0.3, 0.4) is 0 Å². The largest absolute Gasteiger partial charge is 0.395 e. The summed E-state index contributed by atoms with van der Waals surface area (Å²) in [5.74, 6) is -1.50. The standard InChI is InChI=1S/C5H11NO.C3H8O2/c7-4-5-2-1-3-6-5;1-3(2,4)5/h5-7H,1-4H2;4-5H,1-2H3. The van der Waals surface area contributed by atoms with Gasteiger partial charge in [-0.05, 0) is 33.2 Å². The summed E-state index contributed by atoms with van der Waals surface area (Å²) in [6, 6.07) is 0.403. The van der Waals surface area contributed by atoms with Crippen LogP contribution in [0.15, 0.2) is 0 Å². The van der Waals surface area contributed by atoms with E-state index in [1.807, 2.05) is 0 Å². The number of aliphatic hydroxyl groups is 3. The molecule has 1 heterocycles. The molecule has 0 amide bonds. The zero-order valence-corrected chi connectivity index (χ0v) is 7.75. The smallest absolute Gasteiger partial charge is 0.156 e. The summed E-state index contributed by atoms with van der Waals surface area (Å²) >= 11 is 0. The molecule has 0 aromatic rings. The lowest BCUT2D eigenvalue weighted by Gasteiger charge is -2.03. The van der Waals surface area contributed by atoms with E-state index in [9.17, 15) is 0 Å². The monoisotopic (exact) mass is 177 g/mol. The Morgan fingerprint density at radius 3 is 2.08 bits per heavy atom. The SMILES string of the molecule is CC(C)(O)O.OCC1CCCN1. The van der Waals surface area contributed by atoms with Gasteiger partial charge in [-0.1, -0.05) is 0 Å². The Bertz CT molecular complexity index is 99.4. The summed E-state index contributed by atoms with van der Waals surface area (Å²) in [6.45, 7) is 3.99. The second-order valence-corrected chi connectivity index (χ2v) is 3.47. The van der Waals surface area contributed by atoms with Crippen molar-refractivity contribution >= 4 is 0 Å². The molecular formula is C8H19NO3. The van der Waals surface area contributed by atoms with Crippen molar-refractivity contribution in [1.29, 1.82) is 0 Å². The highest BCUT2D eigenvalue weighted by Gasteiger charge is 2.10. The summed E-state index contributed by atoms with van der Waals surface area (Å²) in [5, 5.41) is 27.8. The van der Waals surface area contributed by atoms with Gasteiger partial charge >= 0.3 is 0 Å². The average molecular weight is 177 g/mol. The Hall–Kier alpha value is -0.160. The van der Waals surface area contributed by atoms with Gasteiger partial charge in [0.1, 0.15) is 0 Å². The van der Waals surface area contributed by atoms with E-state index in [1.54, 1.807) is 0 Å². The van der Waals surface area contributed by atoms with Gasteiger partial charge in [-0.15, -0.1) is 0 Å². The molecule has 1 fully saturated rings. The maximum absolute atomic E-state index is 8.50. The minimum absolute atomic E-state index is 0.306. The average Bonchev–Trinajstić information content (AvgIpc) is 2.33. The second-order valence-electron chi connectivity index (χ2n) is 3.47. The van der Waals surface area contributed by atoms with Gasteiger partial charge in [-0.2, -0.15) is 0 Å². The van der Waals surface area contributed by atoms with Crippen molar-refractivity contribution in [2.24, 2.45) is 0 Å². The highest BCUT2D eigenvalue weighted by Crippen LogP contribution is 2.02. The highest BCUT2D eigenvalue weighted by atomic mass is 16.5. The summed E-state index contributed by atoms with van der Waals surface area (Å²) in [7, 11) is 0. The molecular weight excluding hydrogens is 158 g/mol. The van der Waals surface area contributed by atoms with Crippen molar-refractivity contribution in [3.8, 4) is 0 Å². The molecule has 0 bridgehead atoms. The number of nitrogens with one attached hydrogen (secondary N) is 1. The molecule has 1 rings (SSSR count). The normalized spacial score (nSPS) is 23.2. The first-order valence-electron chi connectivity index (χ1n) is 4.22. The van der Waals surface area contributed by atoms with Gasteiger partial charge < -0.3 is 20.6 Å². The summed E-state index contributed by atoms with van der Waals surface area (Å²) in [5.41, 5.74) is 0. The van der Waals surface area contributed by atoms with Crippen LogP contribution in [0.25, 0.3) is 0 Å². The van der Waals surface area contributed by atoms with Crippen molar-refractivity contribution in [2.45, 2.75) is 38.5 Å². The molecule has 1 aliphatic rings. The number of hydrogen-bond donors (Lipinski definition) is 4. The van der Waals surface area contributed by atoms with Gasteiger partial charge in [0.25, 0.3) is 0 Å². The van der Waals surface area contributed by atoms with Gasteiger partial charge in [-0.3, -0.25) is 0 Å². The molecule has 1 unspecified atom stereocenters. The summed E-state index contributed by atoms with van der Waals surface area (Å²) in [6.07, 6.45) is 2.38. The van der Waals surface area contributed by atoms with Crippen LogP contribution in [0, 0.1) is 0 Å². The third-order valence-corrected chi connectivity index (χ3v) is 1.38. The van der Waals surface area contributed by atoms with Crippen LogP contribution in [-0.4, -0.2) is 40.3 Å². The topological polar surface area (TPSA) is 72.7 Å². The Morgan fingerprint density at radius 1 is 1.42 bits per heavy atom. The Labute approximate surface area is 73.2 Å². The molecule has 4 N–H and O–H groups in total. The number of aliphatic hydroxyl groups excluding tert-OH is 1. The zero-order valence-electron chi connectivity index (χ0n) is 7.75. The van der Waals surface area contributed by atoms with E-state index in [4.69, 9.17) is 15.3 Å². The van der Waals surface area contributed by atoms with Gasteiger partial charge in [0.15, 0.2) is 5.79 Å². The fourth-order valence-corrected chi connectivity index (χ4v) is 0.913. The van der Waals surface area contributed by atoms with Crippen molar-refractivity contribution < 1.29 is 15.3 Å². The molecule has 12 heavy (non-hydrogen) atoms. The molecule has 0 aromatic carbocycles. The minimum atomic E-state index is -1.50. The first kappa shape index (κ1) is 11.8. The second kappa shape index (κ2) is 5.48. The van der Waals surface area contributed by atoms with Crippen LogP contribution < -0.4 is 5.32 Å². The predicted octanol–water partition coefficient (Wildman–Crippen LogP) is -0.562. The van der Waals surface area contributed by atoms with E-state index >= 15 is 0 Å². The fourth-order valence-electron chi connectivity index (χ4n) is 0.913. The molecule has 1 aliphatic heterocycles. The van der Waals surface area contributed by atoms with E-state index in [1.165, 1.54) is 20.3 Å². The quantitative estimate of drug-likeness (QED) is 0.405. The Balaban J connectivity index is 0.000000217. The summed E-state index contributed by atoms with van der Waals surface area (Å²) < 4.78 is 0. The molecule has 0 aromatic heterocycles. The van der Waals surface area contributed by atoms with Crippen LogP contribution >= 0.6 is 0 Å². The number of rotatable bonds is 1. The number of hydrogen-bond acceptors (Lipinski definition) is 4. The van der Waals surface area contributed by atoms with Crippen molar-refractivity contribution in [3.63, 3.8) is 0 Å². The van der Waals surface area contributed by atoms with E-state index in [-0.39, 0.29) is 0 Å². The maximum atomic E-state index is 8.50. The lowest BCUT2D eigenvalue weighted by molar-refractivity contribution is -0.127. The van der Waals surface area contributed by atoms with Crippen molar-refractivity contribution in [2.75, 3.05) is 13.2 Å². The van der Waals surface area contributed by atoms with Crippen molar-refractivity contribution in [3.05, 3.63) is 0 Å². The summed E-state index contributed by atoms with van der Waals surface area (Å²) in [4.78, 5) is 0. The van der Waals surface area contributed by atoms with Crippen LogP contribution in [0.5, 0.6) is 0 Å². The van der Waals surface area contributed by atoms with Crippen molar-refractivity contribution in [1.82, 2.24) is 5.32 Å². The molecule has 4 heteroatoms. The van der Waals surface area contributed by atoms with Gasteiger partial charge in [0.2, 0.25) is 0 Å². The van der Waals surface area contributed by atoms with Crippen LogP contribution in [0.4, 0.5) is 0 Å². The molecule has 0 spiro atoms. The molecule has 0 saturated carbocycles. The van der Waals surface area contributed by atoms with E-state index in [2.05, 4.69) is 5.32 Å². The van der Waals surface area contributed by atoms with E-state index in [0.29, 0.717) is 12.6 Å². The van der Waals surface area contributed by atoms with E-state index in [0.717, 1.165) is 13.0 Å². The fraction of sp³-hybridized carbons (Fsp3) is 1.00. The highest BCUT2D eigenvalue weighted by molar-refractivity contribution is 4.71. The van der Waals surface area contributed by atoms with Gasteiger partial charge in [0.05, 0.1) is 6.61 Å². The first-order chi connectivity index (χ1) is 5.43. The van der Waals surface area contributed by atoms with E-state index < -0.39 is 5.79 Å². The zero-order chi connectivity index (χ0) is 9.61. The Morgan fingerprint density at radius 2 is 1.92 bits per heavy atom. The van der Waals surface area contributed by atoms with Gasteiger partial charge in [0, 0.05) is 6.04 Å². The lowest BCUT2D eigenvalue weighted by Crippen LogP contribution is -2.24. The lowest BCUT2D eigenvalue weighted by atomic mass is 10.2. The third kappa shape index (κ3) is 9.84. The van der Waals surface area contributed by atoms with Crippen LogP contribution in [0.2, 0.25) is 0 Å². The molecule has 0 aliphatic carbocycles. The third-order valence-electron chi connectivity index (χ3n) is 1.38. The minimum Gasteiger partial charge on any atom is -0.395 e. The maximum Gasteiger partial charge on any atom is 0.156 e. The Kier molecular flexibility index (Phi) is 5.41. The molecule has 74 valence electrons. The van der Waals surface area contributed by atoms with Gasteiger partial charge in [-0.25, -0.2) is 0 Å². The molecule has 1 saturated heterocycles. The molecule has 4 nitrogen and oxygen atoms in total. The molecule has 0 radical (unpaired) electrons. The first-order valence-corrected chi connectivity index (χ1v) is 4.22.